The van der Waals surface area contributed by atoms with Crippen molar-refractivity contribution in [1.29, 1.82) is 0 Å². The number of benzene rings is 6. The van der Waals surface area contributed by atoms with Crippen LogP contribution in [-0.4, -0.2) is 15.1 Å². The summed E-state index contributed by atoms with van der Waals surface area (Å²) in [6.07, 6.45) is 2.68. The molecule has 0 spiro atoms. The molecular weight excluding hydrogens is 914 g/mol. The fourth-order valence-electron chi connectivity index (χ4n) is 7.52. The third kappa shape index (κ3) is 9.36. The van der Waals surface area contributed by atoms with Crippen LogP contribution >= 0.6 is 0 Å². The summed E-state index contributed by atoms with van der Waals surface area (Å²) in [7, 11) is 0. The van der Waals surface area contributed by atoms with E-state index in [0.29, 0.717) is 11.3 Å². The molecule has 6 aromatic carbocycles. The molecule has 2 heterocycles. The number of aromatic nitrogens is 2. The number of nitrogens with zero attached hydrogens (tertiary/aromatic N) is 3. The quantitative estimate of drug-likeness (QED) is 0.146. The third-order valence-electron chi connectivity index (χ3n) is 10.8. The van der Waals surface area contributed by atoms with E-state index in [2.05, 4.69) is 192 Å². The van der Waals surface area contributed by atoms with Crippen LogP contribution in [0.1, 0.15) is 63.8 Å². The Morgan fingerprint density at radius 1 is 0.550 bits per heavy atom. The van der Waals surface area contributed by atoms with Crippen LogP contribution in [0.3, 0.4) is 0 Å². The number of pyridine rings is 2. The number of anilines is 3. The number of phenolic OH excluding ortho intramolecular Hbond substituents is 1. The molecule has 0 saturated carbocycles. The van der Waals surface area contributed by atoms with E-state index in [1.807, 2.05) is 36.5 Å². The van der Waals surface area contributed by atoms with Gasteiger partial charge in [0, 0.05) is 44.1 Å². The topological polar surface area (TPSA) is 49.2 Å². The van der Waals surface area contributed by atoms with Gasteiger partial charge in [0.1, 0.15) is 11.6 Å². The van der Waals surface area contributed by atoms with Gasteiger partial charge < -0.3 is 10.0 Å². The molecule has 1 N–H and O–H groups in total. The van der Waals surface area contributed by atoms with E-state index in [4.69, 9.17) is 9.97 Å². The molecular formula is C55H50N3OPt-. The number of phenols is 1. The fourth-order valence-corrected chi connectivity index (χ4v) is 7.52. The Labute approximate surface area is 369 Å². The summed E-state index contributed by atoms with van der Waals surface area (Å²) in [5, 5.41) is 12.1. The van der Waals surface area contributed by atoms with Crippen molar-refractivity contribution in [1.82, 2.24) is 9.97 Å². The van der Waals surface area contributed by atoms with Crippen molar-refractivity contribution in [3.63, 3.8) is 0 Å². The number of rotatable bonds is 9. The first kappa shape index (κ1) is 42.0. The molecule has 8 aromatic rings. The van der Waals surface area contributed by atoms with Gasteiger partial charge in [-0.1, -0.05) is 168 Å². The van der Waals surface area contributed by atoms with E-state index in [1.54, 1.807) is 0 Å². The molecule has 0 aliphatic carbocycles. The second-order valence-electron chi connectivity index (χ2n) is 17.3. The average molecular weight is 964 g/mol. The van der Waals surface area contributed by atoms with Crippen molar-refractivity contribution in [3.05, 3.63) is 204 Å². The Bertz CT molecular complexity index is 2690. The third-order valence-corrected chi connectivity index (χ3v) is 10.8. The largest absolute Gasteiger partial charge is 0.507 e. The van der Waals surface area contributed by atoms with Crippen molar-refractivity contribution in [2.24, 2.45) is 0 Å². The zero-order valence-corrected chi connectivity index (χ0v) is 37.3. The molecule has 0 atom stereocenters. The van der Waals surface area contributed by atoms with Gasteiger partial charge in [0.15, 0.2) is 0 Å². The minimum atomic E-state index is -0.290. The number of hydrogen-bond donors (Lipinski definition) is 1. The van der Waals surface area contributed by atoms with Crippen molar-refractivity contribution in [2.75, 3.05) is 4.90 Å². The summed E-state index contributed by atoms with van der Waals surface area (Å²) in [6, 6.07) is 62.8. The van der Waals surface area contributed by atoms with Gasteiger partial charge in [0.05, 0.1) is 5.69 Å². The maximum Gasteiger partial charge on any atom is 0.136 e. The maximum absolute atomic E-state index is 12.1. The Morgan fingerprint density at radius 2 is 1.12 bits per heavy atom. The molecule has 8 rings (SSSR count). The van der Waals surface area contributed by atoms with Crippen LogP contribution in [0.25, 0.3) is 44.8 Å². The van der Waals surface area contributed by atoms with Crippen LogP contribution < -0.4 is 4.90 Å². The fraction of sp³-hybridized carbons (Fsp3) is 0.164. The Hall–Kier alpha value is -6.09. The summed E-state index contributed by atoms with van der Waals surface area (Å²) in [5.74, 6) is 1.04. The Balaban J connectivity index is 0.00000544. The Morgan fingerprint density at radius 3 is 1.70 bits per heavy atom. The van der Waals surface area contributed by atoms with Crippen molar-refractivity contribution in [3.8, 4) is 50.5 Å². The van der Waals surface area contributed by atoms with E-state index in [1.165, 1.54) is 11.1 Å². The van der Waals surface area contributed by atoms with Gasteiger partial charge >= 0.3 is 0 Å². The molecule has 60 heavy (non-hydrogen) atoms. The van der Waals surface area contributed by atoms with E-state index in [0.717, 1.165) is 68.3 Å². The van der Waals surface area contributed by atoms with Gasteiger partial charge in [-0.15, -0.1) is 23.8 Å². The van der Waals surface area contributed by atoms with Crippen LogP contribution in [-0.2, 0) is 38.3 Å². The first-order chi connectivity index (χ1) is 28.4. The average Bonchev–Trinajstić information content (AvgIpc) is 3.25. The summed E-state index contributed by atoms with van der Waals surface area (Å²) in [5.41, 5.74) is 13.0. The van der Waals surface area contributed by atoms with Crippen LogP contribution in [0.15, 0.2) is 176 Å². The standard InChI is InChI=1S/C55H50N3O.Pt/c1-54(2,3)45-36-48(53(59)49(37-45)55(4,5)6)51-35-43(41-22-14-9-15-23-41)34-50(57-51)44-31-42(40-20-12-8-13-21-40)32-47(33-44)58(52-24-16-17-29-56-52)46-27-25-39(26-28-46)30-38-18-10-7-11-19-38;/h7-29,31-32,34-37,59H,30H2,1-6H3;/q-1;. The molecule has 0 bridgehead atoms. The first-order valence-electron chi connectivity index (χ1n) is 20.3. The van der Waals surface area contributed by atoms with Crippen molar-refractivity contribution < 1.29 is 26.2 Å². The number of aromatic hydroxyl groups is 1. The summed E-state index contributed by atoms with van der Waals surface area (Å²) < 4.78 is 0. The molecule has 0 amide bonds. The van der Waals surface area contributed by atoms with Crippen LogP contribution in [0.5, 0.6) is 5.75 Å². The van der Waals surface area contributed by atoms with Gasteiger partial charge in [0.2, 0.25) is 0 Å². The zero-order chi connectivity index (χ0) is 41.1. The normalized spacial score (nSPS) is 11.5. The smallest absolute Gasteiger partial charge is 0.136 e. The molecule has 0 saturated heterocycles. The van der Waals surface area contributed by atoms with Gasteiger partial charge in [-0.25, -0.2) is 4.98 Å². The van der Waals surface area contributed by atoms with Gasteiger partial charge in [0.25, 0.3) is 0 Å². The van der Waals surface area contributed by atoms with Crippen molar-refractivity contribution in [2.45, 2.75) is 58.8 Å². The molecule has 302 valence electrons. The van der Waals surface area contributed by atoms with Crippen molar-refractivity contribution >= 4 is 17.2 Å². The second kappa shape index (κ2) is 17.6. The molecule has 0 aliphatic heterocycles. The van der Waals surface area contributed by atoms with Crippen LogP contribution in [0.2, 0.25) is 0 Å². The SMILES string of the molecule is CC(C)(C)c1cc(-c2cc(-c3ccccc3)cc(-c3[c-]c(N(c4ccc(Cc5ccccc5)cc4)c4ccccn4)cc(-c4ccccc4)c3)n2)c(O)c(C(C)(C)C)c1.[Pt]. The van der Waals surface area contributed by atoms with E-state index >= 15 is 0 Å². The molecule has 0 fully saturated rings. The van der Waals surface area contributed by atoms with Crippen LogP contribution in [0.4, 0.5) is 17.2 Å². The summed E-state index contributed by atoms with van der Waals surface area (Å²) >= 11 is 0. The first-order valence-corrected chi connectivity index (χ1v) is 20.3. The second-order valence-corrected chi connectivity index (χ2v) is 17.3. The number of hydrogen-bond acceptors (Lipinski definition) is 4. The van der Waals surface area contributed by atoms with Gasteiger partial charge in [-0.05, 0) is 98.4 Å². The Kier molecular flexibility index (Phi) is 12.4. The minimum Gasteiger partial charge on any atom is -0.507 e. The molecule has 2 aromatic heterocycles. The zero-order valence-electron chi connectivity index (χ0n) is 35.1. The summed E-state index contributed by atoms with van der Waals surface area (Å²) in [4.78, 5) is 12.4. The predicted molar refractivity (Wildman–Crippen MR) is 246 cm³/mol. The van der Waals surface area contributed by atoms with Crippen LogP contribution in [0, 0.1) is 6.07 Å². The monoisotopic (exact) mass is 963 g/mol. The van der Waals surface area contributed by atoms with Gasteiger partial charge in [-0.3, -0.25) is 4.98 Å². The minimum absolute atomic E-state index is 0. The molecule has 0 aliphatic rings. The van der Waals surface area contributed by atoms with Gasteiger partial charge in [-0.2, -0.15) is 0 Å². The molecule has 0 radical (unpaired) electrons. The molecule has 0 unspecified atom stereocenters. The van der Waals surface area contributed by atoms with E-state index in [-0.39, 0.29) is 37.6 Å². The van der Waals surface area contributed by atoms with E-state index in [9.17, 15) is 5.11 Å². The molecule has 4 nitrogen and oxygen atoms in total. The maximum atomic E-state index is 12.1. The predicted octanol–water partition coefficient (Wildman–Crippen LogP) is 14.3. The van der Waals surface area contributed by atoms with E-state index < -0.39 is 0 Å². The summed E-state index contributed by atoms with van der Waals surface area (Å²) in [6.45, 7) is 13.1. The molecule has 5 heteroatoms.